The molecule has 0 aliphatic heterocycles. The Bertz CT molecular complexity index is 1140. The summed E-state index contributed by atoms with van der Waals surface area (Å²) in [7, 11) is 0. The van der Waals surface area contributed by atoms with Gasteiger partial charge in [-0.05, 0) is 44.0 Å². The van der Waals surface area contributed by atoms with Gasteiger partial charge in [0.15, 0.2) is 0 Å². The lowest BCUT2D eigenvalue weighted by molar-refractivity contribution is 0.0697. The number of furan rings is 1. The highest BCUT2D eigenvalue weighted by atomic mass is 19.1. The van der Waals surface area contributed by atoms with Crippen molar-refractivity contribution in [2.24, 2.45) is 5.10 Å². The molecule has 1 N–H and O–H groups in total. The molecule has 2 heterocycles. The van der Waals surface area contributed by atoms with Gasteiger partial charge in [-0.3, -0.25) is 9.78 Å². The minimum absolute atomic E-state index is 0.0823. The average molecular weight is 407 g/mol. The van der Waals surface area contributed by atoms with E-state index in [0.717, 1.165) is 6.42 Å². The highest BCUT2D eigenvalue weighted by Crippen LogP contribution is 2.30. The van der Waals surface area contributed by atoms with Crippen molar-refractivity contribution < 1.29 is 23.1 Å². The minimum Gasteiger partial charge on any atom is -0.453 e. The second-order valence-electron chi connectivity index (χ2n) is 6.77. The first-order valence-corrected chi connectivity index (χ1v) is 9.41. The third-order valence-corrected chi connectivity index (χ3v) is 4.77. The lowest BCUT2D eigenvalue weighted by atomic mass is 9.93. The molecule has 8 heteroatoms. The van der Waals surface area contributed by atoms with Gasteiger partial charge >= 0.3 is 5.97 Å². The lowest BCUT2D eigenvalue weighted by Crippen LogP contribution is -2.23. The zero-order chi connectivity index (χ0) is 21.1. The summed E-state index contributed by atoms with van der Waals surface area (Å²) < 4.78 is 24.9. The van der Waals surface area contributed by atoms with E-state index in [9.17, 15) is 14.0 Å². The molecule has 152 valence electrons. The largest absolute Gasteiger partial charge is 0.453 e. The van der Waals surface area contributed by atoms with Crippen LogP contribution in [0.15, 0.2) is 58.3 Å². The maximum atomic E-state index is 13.8. The summed E-state index contributed by atoms with van der Waals surface area (Å²) in [5, 5.41) is 4.19. The van der Waals surface area contributed by atoms with E-state index in [2.05, 4.69) is 15.5 Å². The van der Waals surface area contributed by atoms with Crippen LogP contribution in [0.1, 0.15) is 50.6 Å². The molecule has 2 aromatic heterocycles. The number of rotatable bonds is 4. The number of nitrogens with one attached hydrogen (secondary N) is 1. The van der Waals surface area contributed by atoms with Crippen LogP contribution in [0.3, 0.4) is 0 Å². The molecule has 0 unspecified atom stereocenters. The third kappa shape index (κ3) is 3.84. The van der Waals surface area contributed by atoms with Crippen LogP contribution >= 0.6 is 0 Å². The van der Waals surface area contributed by atoms with Gasteiger partial charge in [-0.1, -0.05) is 12.1 Å². The first kappa shape index (κ1) is 19.5. The Balaban J connectivity index is 1.58. The van der Waals surface area contributed by atoms with Gasteiger partial charge in [-0.2, -0.15) is 5.10 Å². The zero-order valence-corrected chi connectivity index (χ0v) is 16.1. The molecule has 0 saturated carbocycles. The van der Waals surface area contributed by atoms with Crippen molar-refractivity contribution in [1.29, 1.82) is 0 Å². The van der Waals surface area contributed by atoms with Crippen molar-refractivity contribution in [1.82, 2.24) is 10.4 Å². The number of benzene rings is 1. The number of carbonyl (C=O) groups excluding carboxylic acids is 2. The number of carbonyl (C=O) groups is 2. The second kappa shape index (κ2) is 8.28. The first-order valence-electron chi connectivity index (χ1n) is 9.41. The molecule has 0 atom stereocenters. The van der Waals surface area contributed by atoms with Gasteiger partial charge in [0.1, 0.15) is 17.3 Å². The van der Waals surface area contributed by atoms with Gasteiger partial charge in [0, 0.05) is 23.7 Å². The van der Waals surface area contributed by atoms with Gasteiger partial charge < -0.3 is 9.15 Å². The van der Waals surface area contributed by atoms with Crippen molar-refractivity contribution in [3.05, 3.63) is 82.8 Å². The Morgan fingerprint density at radius 3 is 2.80 bits per heavy atom. The van der Waals surface area contributed by atoms with Crippen LogP contribution in [0.2, 0.25) is 0 Å². The number of aromatic nitrogens is 1. The van der Waals surface area contributed by atoms with E-state index in [4.69, 9.17) is 9.15 Å². The van der Waals surface area contributed by atoms with Crippen LogP contribution in [-0.4, -0.2) is 22.6 Å². The summed E-state index contributed by atoms with van der Waals surface area (Å²) in [5.74, 6) is -0.911. The van der Waals surface area contributed by atoms with Crippen molar-refractivity contribution in [3.63, 3.8) is 0 Å². The summed E-state index contributed by atoms with van der Waals surface area (Å²) in [6.07, 6.45) is 4.97. The number of amides is 1. The number of halogens is 1. The van der Waals surface area contributed by atoms with Crippen molar-refractivity contribution >= 4 is 17.6 Å². The van der Waals surface area contributed by atoms with E-state index < -0.39 is 17.7 Å². The number of pyridine rings is 1. The van der Waals surface area contributed by atoms with E-state index >= 15 is 0 Å². The fourth-order valence-corrected chi connectivity index (χ4v) is 3.36. The SMILES string of the molecule is Cc1c(C(=O)Oc2cccnc2)oc2c1/C(=N/NC(=O)c1ccccc1F)CCC2. The predicted molar refractivity (Wildman–Crippen MR) is 106 cm³/mol. The van der Waals surface area contributed by atoms with Crippen molar-refractivity contribution in [2.75, 3.05) is 0 Å². The van der Waals surface area contributed by atoms with Crippen LogP contribution < -0.4 is 10.2 Å². The fraction of sp³-hybridized carbons (Fsp3) is 0.182. The number of ether oxygens (including phenoxy) is 1. The highest BCUT2D eigenvalue weighted by Gasteiger charge is 2.29. The van der Waals surface area contributed by atoms with Crippen LogP contribution in [0, 0.1) is 12.7 Å². The predicted octanol–water partition coefficient (Wildman–Crippen LogP) is 3.81. The average Bonchev–Trinajstić information content (AvgIpc) is 3.10. The standard InChI is InChI=1S/C22H18FN3O4/c1-13-19-17(25-26-21(27)15-7-2-3-8-16(15)23)9-4-10-18(19)30-20(13)22(28)29-14-6-5-11-24-12-14/h2-3,5-8,11-12H,4,9-10H2,1H3,(H,26,27)/b25-17+. The summed E-state index contributed by atoms with van der Waals surface area (Å²) in [4.78, 5) is 28.7. The maximum Gasteiger partial charge on any atom is 0.379 e. The van der Waals surface area contributed by atoms with Crippen LogP contribution in [-0.2, 0) is 6.42 Å². The summed E-state index contributed by atoms with van der Waals surface area (Å²) >= 11 is 0. The number of hydrogen-bond donors (Lipinski definition) is 1. The molecule has 7 nitrogen and oxygen atoms in total. The molecular formula is C22H18FN3O4. The molecule has 1 aliphatic carbocycles. The molecule has 0 saturated heterocycles. The van der Waals surface area contributed by atoms with Gasteiger partial charge in [-0.15, -0.1) is 0 Å². The van der Waals surface area contributed by atoms with Crippen LogP contribution in [0.4, 0.5) is 4.39 Å². The summed E-state index contributed by atoms with van der Waals surface area (Å²) in [6.45, 7) is 1.74. The fourth-order valence-electron chi connectivity index (χ4n) is 3.36. The van der Waals surface area contributed by atoms with Crippen LogP contribution in [0.25, 0.3) is 0 Å². The van der Waals surface area contributed by atoms with Crippen molar-refractivity contribution in [2.45, 2.75) is 26.2 Å². The number of hydrazone groups is 1. The van der Waals surface area contributed by atoms with Gasteiger partial charge in [0.2, 0.25) is 5.76 Å². The molecule has 4 rings (SSSR count). The Morgan fingerprint density at radius 2 is 2.03 bits per heavy atom. The molecule has 0 spiro atoms. The molecule has 1 aromatic carbocycles. The lowest BCUT2D eigenvalue weighted by Gasteiger charge is -2.13. The topological polar surface area (TPSA) is 93.8 Å². The quantitative estimate of drug-likeness (QED) is 0.524. The molecule has 0 radical (unpaired) electrons. The number of fused-ring (bicyclic) bond motifs is 1. The minimum atomic E-state index is -0.648. The Hall–Kier alpha value is -3.81. The van der Waals surface area contributed by atoms with E-state index in [0.29, 0.717) is 41.2 Å². The van der Waals surface area contributed by atoms with Crippen molar-refractivity contribution in [3.8, 4) is 5.75 Å². The highest BCUT2D eigenvalue weighted by molar-refractivity contribution is 6.06. The molecule has 1 aliphatic rings. The molecule has 1 amide bonds. The molecule has 0 bridgehead atoms. The molecule has 3 aromatic rings. The molecule has 30 heavy (non-hydrogen) atoms. The van der Waals surface area contributed by atoms with Gasteiger partial charge in [0.25, 0.3) is 5.91 Å². The Labute approximate surface area is 171 Å². The van der Waals surface area contributed by atoms with Crippen LogP contribution in [0.5, 0.6) is 5.75 Å². The molecular weight excluding hydrogens is 389 g/mol. The number of nitrogens with zero attached hydrogens (tertiary/aromatic N) is 2. The smallest absolute Gasteiger partial charge is 0.379 e. The maximum absolute atomic E-state index is 13.8. The summed E-state index contributed by atoms with van der Waals surface area (Å²) in [5.41, 5.74) is 4.13. The number of esters is 1. The second-order valence-corrected chi connectivity index (χ2v) is 6.77. The Kier molecular flexibility index (Phi) is 5.38. The van der Waals surface area contributed by atoms with E-state index in [1.807, 2.05) is 0 Å². The van der Waals surface area contributed by atoms with Gasteiger partial charge in [-0.25, -0.2) is 14.6 Å². The van der Waals surface area contributed by atoms with E-state index in [1.54, 1.807) is 31.3 Å². The number of aryl methyl sites for hydroxylation is 1. The van der Waals surface area contributed by atoms with E-state index in [-0.39, 0.29) is 11.3 Å². The molecule has 0 fully saturated rings. The number of hydrogen-bond acceptors (Lipinski definition) is 6. The van der Waals surface area contributed by atoms with E-state index in [1.165, 1.54) is 24.4 Å². The normalized spacial score (nSPS) is 14.3. The summed E-state index contributed by atoms with van der Waals surface area (Å²) in [6, 6.07) is 8.95. The Morgan fingerprint density at radius 1 is 1.20 bits per heavy atom. The first-order chi connectivity index (χ1) is 14.5. The third-order valence-electron chi connectivity index (χ3n) is 4.77. The van der Waals surface area contributed by atoms with Gasteiger partial charge in [0.05, 0.1) is 17.5 Å². The zero-order valence-electron chi connectivity index (χ0n) is 16.1. The monoisotopic (exact) mass is 407 g/mol.